The van der Waals surface area contributed by atoms with E-state index < -0.39 is 5.67 Å². The standard InChI is InChI=1S/C28H32F2N6S/c1-20(28(30)9-15-34(16-10-28)19-26-32-12-17-37-26)35-13-7-22(8-14-35)36-25-6-5-21(29)18-24(25)33-27(36)23-4-2-3-11-31-23/h2-6,11-12,17,22,24H,1,7-10,13-16,18-19H2. The molecule has 9 heteroatoms. The summed E-state index contributed by atoms with van der Waals surface area (Å²) in [5.74, 6) is 0.670. The van der Waals surface area contributed by atoms with Gasteiger partial charge < -0.3 is 9.80 Å². The lowest BCUT2D eigenvalue weighted by atomic mass is 9.88. The SMILES string of the molecule is C=C(N1CCC(N2C3=CC=C(F)CC3N=C2c2ccccn2)CC1)C1(F)CCN(Cc2nccs2)CC1. The van der Waals surface area contributed by atoms with Gasteiger partial charge in [-0.15, -0.1) is 11.3 Å². The number of alkyl halides is 1. The van der Waals surface area contributed by atoms with Gasteiger partial charge in [-0.1, -0.05) is 12.6 Å². The number of likely N-dealkylation sites (tertiary alicyclic amines) is 2. The summed E-state index contributed by atoms with van der Waals surface area (Å²) >= 11 is 1.65. The van der Waals surface area contributed by atoms with Crippen molar-refractivity contribution in [2.75, 3.05) is 26.2 Å². The summed E-state index contributed by atoms with van der Waals surface area (Å²) in [6.45, 7) is 7.94. The van der Waals surface area contributed by atoms with E-state index >= 15 is 4.39 Å². The number of allylic oxidation sites excluding steroid dienone is 3. The first-order chi connectivity index (χ1) is 18.0. The predicted molar refractivity (Wildman–Crippen MR) is 142 cm³/mol. The molecule has 5 heterocycles. The van der Waals surface area contributed by atoms with Crippen LogP contribution in [0.25, 0.3) is 0 Å². The Morgan fingerprint density at radius 2 is 1.89 bits per heavy atom. The molecular formula is C28H32F2N6S. The summed E-state index contributed by atoms with van der Waals surface area (Å²) in [6, 6.07) is 5.79. The molecule has 1 unspecified atom stereocenters. The lowest BCUT2D eigenvalue weighted by Gasteiger charge is -2.45. The van der Waals surface area contributed by atoms with Crippen LogP contribution in [0, 0.1) is 0 Å². The smallest absolute Gasteiger partial charge is 0.155 e. The lowest BCUT2D eigenvalue weighted by Crippen LogP contribution is -2.50. The number of pyridine rings is 1. The number of hydrogen-bond donors (Lipinski definition) is 0. The predicted octanol–water partition coefficient (Wildman–Crippen LogP) is 5.09. The molecular weight excluding hydrogens is 490 g/mol. The van der Waals surface area contributed by atoms with Crippen LogP contribution >= 0.6 is 11.3 Å². The van der Waals surface area contributed by atoms with Crippen molar-refractivity contribution >= 4 is 17.2 Å². The van der Waals surface area contributed by atoms with Crippen molar-refractivity contribution in [1.82, 2.24) is 24.7 Å². The van der Waals surface area contributed by atoms with Crippen molar-refractivity contribution in [3.63, 3.8) is 0 Å². The lowest BCUT2D eigenvalue weighted by molar-refractivity contribution is 0.0511. The van der Waals surface area contributed by atoms with Crippen molar-refractivity contribution in [2.45, 2.75) is 56.4 Å². The molecule has 0 saturated carbocycles. The number of aromatic nitrogens is 2. The summed E-state index contributed by atoms with van der Waals surface area (Å²) in [7, 11) is 0. The van der Waals surface area contributed by atoms with Gasteiger partial charge in [0.05, 0.1) is 12.6 Å². The molecule has 0 radical (unpaired) electrons. The molecule has 0 amide bonds. The molecule has 194 valence electrons. The van der Waals surface area contributed by atoms with Gasteiger partial charge in [0.15, 0.2) is 11.5 Å². The number of nitrogens with zero attached hydrogens (tertiary/aromatic N) is 6. The number of aliphatic imine (C=N–C) groups is 1. The summed E-state index contributed by atoms with van der Waals surface area (Å²) < 4.78 is 30.1. The van der Waals surface area contributed by atoms with E-state index in [1.807, 2.05) is 35.9 Å². The van der Waals surface area contributed by atoms with Gasteiger partial charge >= 0.3 is 0 Å². The molecule has 0 aromatic carbocycles. The molecule has 37 heavy (non-hydrogen) atoms. The quantitative estimate of drug-likeness (QED) is 0.529. The Bertz CT molecular complexity index is 1210. The average Bonchev–Trinajstić information content (AvgIpc) is 3.58. The molecule has 6 rings (SSSR count). The number of piperidine rings is 2. The van der Waals surface area contributed by atoms with E-state index in [9.17, 15) is 4.39 Å². The van der Waals surface area contributed by atoms with Crippen LogP contribution < -0.4 is 0 Å². The number of hydrogen-bond acceptors (Lipinski definition) is 7. The Morgan fingerprint density at radius 1 is 1.08 bits per heavy atom. The van der Waals surface area contributed by atoms with Crippen molar-refractivity contribution in [3.8, 4) is 0 Å². The molecule has 3 aliphatic heterocycles. The highest BCUT2D eigenvalue weighted by Crippen LogP contribution is 2.39. The van der Waals surface area contributed by atoms with Crippen LogP contribution in [0.1, 0.15) is 42.8 Å². The van der Waals surface area contributed by atoms with Crippen LogP contribution in [0.2, 0.25) is 0 Å². The second-order valence-corrected chi connectivity index (χ2v) is 11.3. The zero-order valence-corrected chi connectivity index (χ0v) is 21.7. The van der Waals surface area contributed by atoms with Crippen LogP contribution in [-0.2, 0) is 6.54 Å². The molecule has 2 fully saturated rings. The molecule has 1 aliphatic carbocycles. The first kappa shape index (κ1) is 24.4. The van der Waals surface area contributed by atoms with Gasteiger partial charge in [0.25, 0.3) is 0 Å². The number of halogens is 2. The molecule has 0 spiro atoms. The van der Waals surface area contributed by atoms with Gasteiger partial charge in [-0.05, 0) is 50.0 Å². The third-order valence-corrected chi connectivity index (χ3v) is 8.83. The van der Waals surface area contributed by atoms with Crippen LogP contribution in [0.5, 0.6) is 0 Å². The Kier molecular flexibility index (Phi) is 6.67. The van der Waals surface area contributed by atoms with E-state index in [2.05, 4.69) is 31.2 Å². The zero-order chi connectivity index (χ0) is 25.4. The minimum Gasteiger partial charge on any atom is -0.373 e. The summed E-state index contributed by atoms with van der Waals surface area (Å²) in [5.41, 5.74) is 1.10. The zero-order valence-electron chi connectivity index (χ0n) is 20.9. The van der Waals surface area contributed by atoms with Crippen LogP contribution in [0.4, 0.5) is 8.78 Å². The van der Waals surface area contributed by atoms with Crippen molar-refractivity contribution < 1.29 is 8.78 Å². The van der Waals surface area contributed by atoms with Gasteiger partial charge in [-0.25, -0.2) is 13.8 Å². The molecule has 1 atom stereocenters. The fourth-order valence-corrected chi connectivity index (χ4v) is 6.61. The molecule has 4 aliphatic rings. The normalized spacial score (nSPS) is 24.4. The fraction of sp³-hybridized carbons (Fsp3) is 0.464. The van der Waals surface area contributed by atoms with Gasteiger partial charge in [-0.3, -0.25) is 14.9 Å². The van der Waals surface area contributed by atoms with E-state index in [0.29, 0.717) is 31.6 Å². The van der Waals surface area contributed by atoms with Gasteiger partial charge in [-0.2, -0.15) is 0 Å². The molecule has 2 aromatic heterocycles. The highest BCUT2D eigenvalue weighted by atomic mass is 32.1. The first-order valence-electron chi connectivity index (χ1n) is 13.1. The highest BCUT2D eigenvalue weighted by molar-refractivity contribution is 7.09. The van der Waals surface area contributed by atoms with Crippen LogP contribution in [0.15, 0.2) is 76.9 Å². The average molecular weight is 523 g/mol. The summed E-state index contributed by atoms with van der Waals surface area (Å²) in [6.07, 6.45) is 9.94. The van der Waals surface area contributed by atoms with E-state index in [4.69, 9.17) is 4.99 Å². The minimum absolute atomic E-state index is 0.142. The fourth-order valence-electron chi connectivity index (χ4n) is 5.95. The van der Waals surface area contributed by atoms with Gasteiger partial charge in [0.1, 0.15) is 16.5 Å². The third-order valence-electron chi connectivity index (χ3n) is 8.06. The molecule has 2 saturated heterocycles. The number of fused-ring (bicyclic) bond motifs is 1. The highest BCUT2D eigenvalue weighted by Gasteiger charge is 2.43. The van der Waals surface area contributed by atoms with Gasteiger partial charge in [0.2, 0.25) is 0 Å². The summed E-state index contributed by atoms with van der Waals surface area (Å²) in [4.78, 5) is 20.5. The minimum atomic E-state index is -1.36. The number of amidine groups is 1. The molecule has 0 bridgehead atoms. The maximum Gasteiger partial charge on any atom is 0.155 e. The van der Waals surface area contributed by atoms with E-state index in [-0.39, 0.29) is 24.3 Å². The third kappa shape index (κ3) is 4.86. The Labute approximate surface area is 220 Å². The maximum absolute atomic E-state index is 16.1. The van der Waals surface area contributed by atoms with Crippen molar-refractivity contribution in [3.05, 3.63) is 82.6 Å². The second kappa shape index (κ2) is 10.1. The van der Waals surface area contributed by atoms with E-state index in [1.54, 1.807) is 23.6 Å². The molecule has 0 N–H and O–H groups in total. The van der Waals surface area contributed by atoms with E-state index in [0.717, 1.165) is 54.7 Å². The first-order valence-corrected chi connectivity index (χ1v) is 14.0. The number of thiazole rings is 1. The Hall–Kier alpha value is -2.91. The van der Waals surface area contributed by atoms with Crippen molar-refractivity contribution in [2.24, 2.45) is 4.99 Å². The maximum atomic E-state index is 16.1. The Morgan fingerprint density at radius 3 is 2.59 bits per heavy atom. The molecule has 6 nitrogen and oxygen atoms in total. The number of rotatable bonds is 6. The van der Waals surface area contributed by atoms with Crippen LogP contribution in [-0.4, -0.2) is 74.4 Å². The Balaban J connectivity index is 1.11. The largest absolute Gasteiger partial charge is 0.373 e. The topological polar surface area (TPSA) is 47.9 Å². The monoisotopic (exact) mass is 522 g/mol. The van der Waals surface area contributed by atoms with Crippen LogP contribution in [0.3, 0.4) is 0 Å². The van der Waals surface area contributed by atoms with Gasteiger partial charge in [0, 0.05) is 67.8 Å². The van der Waals surface area contributed by atoms with Crippen molar-refractivity contribution in [1.29, 1.82) is 0 Å². The second-order valence-electron chi connectivity index (χ2n) is 10.3. The van der Waals surface area contributed by atoms with E-state index in [1.165, 1.54) is 0 Å². The molecule has 2 aromatic rings. The summed E-state index contributed by atoms with van der Waals surface area (Å²) in [5, 5.41) is 3.06.